The number of hydrogen-bond acceptors (Lipinski definition) is 3. The molecule has 2 aromatic carbocycles. The zero-order chi connectivity index (χ0) is 20.3. The summed E-state index contributed by atoms with van der Waals surface area (Å²) in [6, 6.07) is 18.6. The van der Waals surface area contributed by atoms with E-state index in [4.69, 9.17) is 0 Å². The van der Waals surface area contributed by atoms with Crippen molar-refractivity contribution in [2.75, 3.05) is 18.4 Å². The minimum atomic E-state index is -0.253. The molecule has 4 rings (SSSR count). The minimum Gasteiger partial charge on any atom is -0.349 e. The first-order valence-corrected chi connectivity index (χ1v) is 10.5. The summed E-state index contributed by atoms with van der Waals surface area (Å²) in [5, 5.41) is 6.30. The van der Waals surface area contributed by atoms with Gasteiger partial charge in [0, 0.05) is 44.6 Å². The highest BCUT2D eigenvalue weighted by Gasteiger charge is 2.48. The van der Waals surface area contributed by atoms with Crippen molar-refractivity contribution >= 4 is 17.5 Å². The monoisotopic (exact) mass is 391 g/mol. The minimum absolute atomic E-state index is 0.0724. The fourth-order valence-corrected chi connectivity index (χ4v) is 4.94. The second-order valence-electron chi connectivity index (χ2n) is 8.43. The molecule has 1 spiro atoms. The number of hydrogen-bond donors (Lipinski definition) is 2. The quantitative estimate of drug-likeness (QED) is 0.836. The fourth-order valence-electron chi connectivity index (χ4n) is 4.94. The third-order valence-corrected chi connectivity index (χ3v) is 6.14. The predicted octanol–water partition coefficient (Wildman–Crippen LogP) is 3.67. The number of benzene rings is 2. The normalized spacial score (nSPS) is 24.9. The Hall–Kier alpha value is -2.66. The van der Waals surface area contributed by atoms with Crippen molar-refractivity contribution in [1.82, 2.24) is 10.2 Å². The van der Waals surface area contributed by atoms with E-state index in [2.05, 4.69) is 51.9 Å². The summed E-state index contributed by atoms with van der Waals surface area (Å²) in [5.74, 6) is 0.283. The molecule has 2 amide bonds. The molecule has 5 heteroatoms. The molecule has 2 saturated heterocycles. The molecule has 2 aliphatic heterocycles. The molecule has 2 aromatic rings. The van der Waals surface area contributed by atoms with Crippen molar-refractivity contribution in [2.24, 2.45) is 0 Å². The Morgan fingerprint density at radius 2 is 2.00 bits per heavy atom. The summed E-state index contributed by atoms with van der Waals surface area (Å²) in [7, 11) is 0. The second kappa shape index (κ2) is 8.37. The number of nitrogens with one attached hydrogen (secondary N) is 2. The zero-order valence-corrected chi connectivity index (χ0v) is 17.0. The summed E-state index contributed by atoms with van der Waals surface area (Å²) >= 11 is 0. The Kier molecular flexibility index (Phi) is 5.67. The molecule has 2 heterocycles. The van der Waals surface area contributed by atoms with Gasteiger partial charge in [-0.05, 0) is 36.1 Å². The van der Waals surface area contributed by atoms with Crippen molar-refractivity contribution in [3.05, 3.63) is 65.7 Å². The average Bonchev–Trinajstić information content (AvgIpc) is 2.91. The third-order valence-electron chi connectivity index (χ3n) is 6.14. The van der Waals surface area contributed by atoms with E-state index >= 15 is 0 Å². The van der Waals surface area contributed by atoms with Gasteiger partial charge in [-0.15, -0.1) is 0 Å². The average molecular weight is 392 g/mol. The summed E-state index contributed by atoms with van der Waals surface area (Å²) in [5.41, 5.74) is 3.02. The van der Waals surface area contributed by atoms with Crippen molar-refractivity contribution in [1.29, 1.82) is 0 Å². The van der Waals surface area contributed by atoms with Gasteiger partial charge in [-0.3, -0.25) is 14.5 Å². The van der Waals surface area contributed by atoms with Crippen LogP contribution in [0.1, 0.15) is 49.7 Å². The van der Waals surface area contributed by atoms with Crippen LogP contribution in [0.3, 0.4) is 0 Å². The summed E-state index contributed by atoms with van der Waals surface area (Å²) in [4.78, 5) is 26.5. The number of amides is 2. The number of carbonyl (C=O) groups excluding carboxylic acids is 2. The van der Waals surface area contributed by atoms with E-state index in [9.17, 15) is 9.59 Å². The van der Waals surface area contributed by atoms with Crippen molar-refractivity contribution in [3.8, 4) is 0 Å². The molecular weight excluding hydrogens is 362 g/mol. The molecule has 0 bridgehead atoms. The van der Waals surface area contributed by atoms with Gasteiger partial charge in [-0.2, -0.15) is 0 Å². The first-order chi connectivity index (χ1) is 14.0. The van der Waals surface area contributed by atoms with Gasteiger partial charge in [-0.1, -0.05) is 48.9 Å². The van der Waals surface area contributed by atoms with Crippen molar-refractivity contribution < 1.29 is 9.59 Å². The van der Waals surface area contributed by atoms with Crippen LogP contribution in [-0.2, 0) is 16.1 Å². The molecule has 0 unspecified atom stereocenters. The maximum atomic E-state index is 12.5. The van der Waals surface area contributed by atoms with E-state index < -0.39 is 0 Å². The van der Waals surface area contributed by atoms with E-state index in [1.807, 2.05) is 18.2 Å². The number of likely N-dealkylation sites (tertiary alicyclic amines) is 1. The maximum absolute atomic E-state index is 12.5. The molecule has 2 atom stereocenters. The van der Waals surface area contributed by atoms with E-state index in [1.165, 1.54) is 18.1 Å². The topological polar surface area (TPSA) is 61.4 Å². The smallest absolute Gasteiger partial charge is 0.221 e. The summed E-state index contributed by atoms with van der Waals surface area (Å²) in [6.45, 7) is 4.14. The lowest BCUT2D eigenvalue weighted by Crippen LogP contribution is -2.52. The van der Waals surface area contributed by atoms with Gasteiger partial charge in [0.15, 0.2) is 0 Å². The first kappa shape index (κ1) is 19.6. The lowest BCUT2D eigenvalue weighted by atomic mass is 9.79. The first-order valence-electron chi connectivity index (χ1n) is 10.5. The van der Waals surface area contributed by atoms with E-state index in [-0.39, 0.29) is 23.3 Å². The zero-order valence-electron chi connectivity index (χ0n) is 17.0. The molecule has 0 saturated carbocycles. The third kappa shape index (κ3) is 4.51. The Labute approximate surface area is 172 Å². The molecule has 29 heavy (non-hydrogen) atoms. The standard InChI is InChI=1S/C24H29N3O2/c1-18(28)25-21-11-7-10-20(14-21)22-16-27(15-19-8-3-2-4-9-19)17-24(22)13-6-5-12-23(29)26-24/h2-4,7-11,14,22H,5-6,12-13,15-17H2,1H3,(H,25,28)(H,26,29)/t22-,24+/m0/s1. The highest BCUT2D eigenvalue weighted by molar-refractivity contribution is 5.88. The number of rotatable bonds is 4. The van der Waals surface area contributed by atoms with Crippen LogP contribution >= 0.6 is 0 Å². The van der Waals surface area contributed by atoms with Gasteiger partial charge in [0.1, 0.15) is 0 Å². The molecular formula is C24H29N3O2. The predicted molar refractivity (Wildman–Crippen MR) is 115 cm³/mol. The van der Waals surface area contributed by atoms with Crippen LogP contribution in [0.4, 0.5) is 5.69 Å². The van der Waals surface area contributed by atoms with Crippen LogP contribution in [-0.4, -0.2) is 35.3 Å². The molecule has 2 aliphatic rings. The Balaban J connectivity index is 1.65. The highest BCUT2D eigenvalue weighted by Crippen LogP contribution is 2.42. The van der Waals surface area contributed by atoms with Gasteiger partial charge in [0.25, 0.3) is 0 Å². The fraction of sp³-hybridized carbons (Fsp3) is 0.417. The van der Waals surface area contributed by atoms with E-state index in [0.29, 0.717) is 6.42 Å². The van der Waals surface area contributed by atoms with Gasteiger partial charge < -0.3 is 10.6 Å². The van der Waals surface area contributed by atoms with Gasteiger partial charge in [0.05, 0.1) is 5.54 Å². The summed E-state index contributed by atoms with van der Waals surface area (Å²) < 4.78 is 0. The molecule has 0 radical (unpaired) electrons. The molecule has 2 fully saturated rings. The van der Waals surface area contributed by atoms with Crippen LogP contribution < -0.4 is 10.6 Å². The number of nitrogens with zero attached hydrogens (tertiary/aromatic N) is 1. The van der Waals surface area contributed by atoms with Crippen LogP contribution in [0.25, 0.3) is 0 Å². The Bertz CT molecular complexity index is 883. The molecule has 152 valence electrons. The maximum Gasteiger partial charge on any atom is 0.221 e. The number of anilines is 1. The Morgan fingerprint density at radius 1 is 1.17 bits per heavy atom. The van der Waals surface area contributed by atoms with Crippen molar-refractivity contribution in [2.45, 2.75) is 50.6 Å². The molecule has 5 nitrogen and oxygen atoms in total. The highest BCUT2D eigenvalue weighted by atomic mass is 16.2. The van der Waals surface area contributed by atoms with Crippen LogP contribution in [0.2, 0.25) is 0 Å². The largest absolute Gasteiger partial charge is 0.349 e. The van der Waals surface area contributed by atoms with Crippen LogP contribution in [0.15, 0.2) is 54.6 Å². The van der Waals surface area contributed by atoms with Crippen LogP contribution in [0.5, 0.6) is 0 Å². The SMILES string of the molecule is CC(=O)Nc1cccc([C@@H]2CN(Cc3ccccc3)C[C@]23CCCCC(=O)N3)c1. The van der Waals surface area contributed by atoms with Gasteiger partial charge in [0.2, 0.25) is 11.8 Å². The van der Waals surface area contributed by atoms with E-state index in [0.717, 1.165) is 44.6 Å². The molecule has 0 aliphatic carbocycles. The molecule has 2 N–H and O–H groups in total. The van der Waals surface area contributed by atoms with Crippen molar-refractivity contribution in [3.63, 3.8) is 0 Å². The Morgan fingerprint density at radius 3 is 2.79 bits per heavy atom. The second-order valence-corrected chi connectivity index (χ2v) is 8.43. The molecule has 0 aromatic heterocycles. The lowest BCUT2D eigenvalue weighted by Gasteiger charge is -2.35. The summed E-state index contributed by atoms with van der Waals surface area (Å²) in [6.07, 6.45) is 3.60. The van der Waals surface area contributed by atoms with Gasteiger partial charge in [-0.25, -0.2) is 0 Å². The van der Waals surface area contributed by atoms with Gasteiger partial charge >= 0.3 is 0 Å². The van der Waals surface area contributed by atoms with E-state index in [1.54, 1.807) is 0 Å². The van der Waals surface area contributed by atoms with Crippen LogP contribution in [0, 0.1) is 0 Å². The lowest BCUT2D eigenvalue weighted by molar-refractivity contribution is -0.122. The number of carbonyl (C=O) groups is 2.